The van der Waals surface area contributed by atoms with E-state index >= 15 is 0 Å². The van der Waals surface area contributed by atoms with E-state index in [9.17, 15) is 5.11 Å². The number of rotatable bonds is 3. The van der Waals surface area contributed by atoms with Gasteiger partial charge in [0.1, 0.15) is 13.2 Å². The zero-order valence-electron chi connectivity index (χ0n) is 9.86. The van der Waals surface area contributed by atoms with Crippen LogP contribution in [0.3, 0.4) is 0 Å². The second-order valence-corrected chi connectivity index (χ2v) is 4.87. The Bertz CT molecular complexity index is 361. The number of aliphatic hydroxyl groups is 1. The first kappa shape index (κ1) is 11.1. The maximum atomic E-state index is 9.63. The minimum atomic E-state index is -0.800. The first-order valence-electron chi connectivity index (χ1n) is 5.52. The molecule has 0 unspecified atom stereocenters. The lowest BCUT2D eigenvalue weighted by Gasteiger charge is -2.32. The number of nitrogens with zero attached hydrogens (tertiary/aromatic N) is 1. The zero-order valence-corrected chi connectivity index (χ0v) is 9.86. The molecule has 0 saturated carbocycles. The molecule has 1 aliphatic carbocycles. The normalized spacial score (nSPS) is 19.9. The number of fused-ring (bicyclic) bond motifs is 1. The Kier molecular flexibility index (Phi) is 2.72. The van der Waals surface area contributed by atoms with E-state index < -0.39 is 5.60 Å². The van der Waals surface area contributed by atoms with Gasteiger partial charge in [0, 0.05) is 6.04 Å². The predicted octanol–water partition coefficient (Wildman–Crippen LogP) is 1.45. The summed E-state index contributed by atoms with van der Waals surface area (Å²) in [6.07, 6.45) is 6.92. The van der Waals surface area contributed by atoms with Gasteiger partial charge in [0.05, 0.1) is 12.3 Å². The van der Waals surface area contributed by atoms with E-state index in [1.54, 1.807) is 13.8 Å². The van der Waals surface area contributed by atoms with Crippen molar-refractivity contribution >= 4 is 6.72 Å². The molecular formula is C13H18NO2-. The van der Waals surface area contributed by atoms with Gasteiger partial charge in [-0.15, -0.1) is 5.57 Å². The molecule has 0 aromatic rings. The summed E-state index contributed by atoms with van der Waals surface area (Å²) in [7, 11) is 0. The summed E-state index contributed by atoms with van der Waals surface area (Å²) < 4.78 is 7.64. The SMILES string of the molecule is C=[N+]1CCC2=C(OCC(C)(C)O)[CH-]C=C[C-]21. The van der Waals surface area contributed by atoms with E-state index in [4.69, 9.17) is 4.74 Å². The second kappa shape index (κ2) is 3.91. The molecule has 3 nitrogen and oxygen atoms in total. The van der Waals surface area contributed by atoms with Crippen molar-refractivity contribution in [3.05, 3.63) is 35.9 Å². The van der Waals surface area contributed by atoms with Crippen LogP contribution < -0.4 is 0 Å². The van der Waals surface area contributed by atoms with Gasteiger partial charge in [-0.25, -0.2) is 12.5 Å². The molecule has 0 radical (unpaired) electrons. The lowest BCUT2D eigenvalue weighted by molar-refractivity contribution is -0.475. The average molecular weight is 220 g/mol. The van der Waals surface area contributed by atoms with Crippen LogP contribution in [0.25, 0.3) is 0 Å². The molecule has 0 amide bonds. The van der Waals surface area contributed by atoms with Crippen molar-refractivity contribution in [1.29, 1.82) is 0 Å². The van der Waals surface area contributed by atoms with Gasteiger partial charge in [0.2, 0.25) is 0 Å². The molecule has 1 saturated heterocycles. The van der Waals surface area contributed by atoms with Crippen LogP contribution in [-0.2, 0) is 4.74 Å². The first-order chi connectivity index (χ1) is 7.47. The van der Waals surface area contributed by atoms with Gasteiger partial charge in [-0.1, -0.05) is 5.76 Å². The minimum Gasteiger partial charge on any atom is -0.558 e. The van der Waals surface area contributed by atoms with Crippen LogP contribution >= 0.6 is 0 Å². The topological polar surface area (TPSA) is 32.5 Å². The van der Waals surface area contributed by atoms with Crippen LogP contribution in [0.1, 0.15) is 20.3 Å². The Balaban J connectivity index is 2.09. The third kappa shape index (κ3) is 2.25. The highest BCUT2D eigenvalue weighted by Gasteiger charge is 2.22. The summed E-state index contributed by atoms with van der Waals surface area (Å²) in [5.74, 6) is 0.866. The predicted molar refractivity (Wildman–Crippen MR) is 62.8 cm³/mol. The van der Waals surface area contributed by atoms with E-state index in [0.29, 0.717) is 6.61 Å². The zero-order chi connectivity index (χ0) is 11.8. The maximum Gasteiger partial charge on any atom is 0.121 e. The molecule has 1 heterocycles. The fraction of sp³-hybridized carbons (Fsp3) is 0.462. The molecule has 0 bridgehead atoms. The Hall–Kier alpha value is -1.35. The summed E-state index contributed by atoms with van der Waals surface area (Å²) >= 11 is 0. The molecule has 0 aromatic heterocycles. The molecule has 16 heavy (non-hydrogen) atoms. The summed E-state index contributed by atoms with van der Waals surface area (Å²) in [5, 5.41) is 9.63. The van der Waals surface area contributed by atoms with Gasteiger partial charge < -0.3 is 14.4 Å². The van der Waals surface area contributed by atoms with Crippen LogP contribution in [0.2, 0.25) is 0 Å². The molecule has 1 aliphatic heterocycles. The molecule has 2 rings (SSSR count). The molecule has 1 fully saturated rings. The van der Waals surface area contributed by atoms with Gasteiger partial charge >= 0.3 is 0 Å². The second-order valence-electron chi connectivity index (χ2n) is 4.87. The molecule has 1 N–H and O–H groups in total. The van der Waals surface area contributed by atoms with Gasteiger partial charge in [-0.05, 0) is 20.3 Å². The Morgan fingerprint density at radius 2 is 2.44 bits per heavy atom. The van der Waals surface area contributed by atoms with Crippen molar-refractivity contribution in [1.82, 2.24) is 0 Å². The average Bonchev–Trinajstić information content (AvgIpc) is 2.57. The highest BCUT2D eigenvalue weighted by Crippen LogP contribution is 2.34. The molecular weight excluding hydrogens is 202 g/mol. The molecule has 88 valence electrons. The van der Waals surface area contributed by atoms with Crippen molar-refractivity contribution in [2.45, 2.75) is 25.9 Å². The summed E-state index contributed by atoms with van der Waals surface area (Å²) in [6, 6.07) is 1.13. The fourth-order valence-corrected chi connectivity index (χ4v) is 1.86. The summed E-state index contributed by atoms with van der Waals surface area (Å²) in [5.41, 5.74) is 0.396. The van der Waals surface area contributed by atoms with E-state index in [-0.39, 0.29) is 0 Å². The van der Waals surface area contributed by atoms with Gasteiger partial charge in [-0.3, -0.25) is 0 Å². The van der Waals surface area contributed by atoms with Gasteiger partial charge in [-0.2, -0.15) is 6.08 Å². The lowest BCUT2D eigenvalue weighted by atomic mass is 9.99. The highest BCUT2D eigenvalue weighted by molar-refractivity contribution is 5.44. The quantitative estimate of drug-likeness (QED) is 0.577. The van der Waals surface area contributed by atoms with Crippen LogP contribution in [0, 0.1) is 12.5 Å². The molecule has 0 spiro atoms. The molecule has 0 aromatic carbocycles. The summed E-state index contributed by atoms with van der Waals surface area (Å²) in [4.78, 5) is 0. The number of ether oxygens (including phenoxy) is 1. The molecule has 3 heteroatoms. The monoisotopic (exact) mass is 220 g/mol. The Morgan fingerprint density at radius 1 is 1.69 bits per heavy atom. The van der Waals surface area contributed by atoms with Crippen LogP contribution in [0.4, 0.5) is 0 Å². The largest absolute Gasteiger partial charge is 0.558 e. The van der Waals surface area contributed by atoms with Crippen molar-refractivity contribution in [3.63, 3.8) is 0 Å². The standard InChI is InChI=1S/C13H18NO2/c1-13(2,15)9-16-12-6-4-5-11-10(12)7-8-14(11)3/h4-6,15H,3,7-9H2,1-2H3/q-1. The maximum absolute atomic E-state index is 9.63. The number of allylic oxidation sites excluding steroid dienone is 1. The fourth-order valence-electron chi connectivity index (χ4n) is 1.86. The van der Waals surface area contributed by atoms with Crippen LogP contribution in [-0.4, -0.2) is 35.2 Å². The first-order valence-corrected chi connectivity index (χ1v) is 5.52. The van der Waals surface area contributed by atoms with Crippen molar-refractivity contribution < 1.29 is 14.4 Å². The van der Waals surface area contributed by atoms with Gasteiger partial charge in [0.25, 0.3) is 0 Å². The van der Waals surface area contributed by atoms with Crippen molar-refractivity contribution in [2.24, 2.45) is 0 Å². The van der Waals surface area contributed by atoms with Crippen molar-refractivity contribution in [2.75, 3.05) is 13.2 Å². The van der Waals surface area contributed by atoms with Crippen LogP contribution in [0.5, 0.6) is 0 Å². The van der Waals surface area contributed by atoms with Gasteiger partial charge in [0.15, 0.2) is 0 Å². The van der Waals surface area contributed by atoms with E-state index in [2.05, 4.69) is 6.72 Å². The molecule has 0 atom stereocenters. The minimum absolute atomic E-state index is 0.306. The van der Waals surface area contributed by atoms with Crippen LogP contribution in [0.15, 0.2) is 23.5 Å². The smallest absolute Gasteiger partial charge is 0.121 e. The lowest BCUT2D eigenvalue weighted by Crippen LogP contribution is -2.26. The summed E-state index contributed by atoms with van der Waals surface area (Å²) in [6.45, 7) is 8.67. The van der Waals surface area contributed by atoms with E-state index in [0.717, 1.165) is 24.8 Å². The van der Waals surface area contributed by atoms with E-state index in [1.165, 1.54) is 5.57 Å². The Labute approximate surface area is 96.7 Å². The number of hydrogen-bond acceptors (Lipinski definition) is 2. The van der Waals surface area contributed by atoms with E-state index in [1.807, 2.05) is 23.1 Å². The molecule has 2 aliphatic rings. The third-order valence-electron chi connectivity index (χ3n) is 2.66. The number of hydrogen-bond donors (Lipinski definition) is 1. The Morgan fingerprint density at radius 3 is 3.12 bits per heavy atom. The third-order valence-corrected chi connectivity index (χ3v) is 2.66. The highest BCUT2D eigenvalue weighted by atomic mass is 16.5. The van der Waals surface area contributed by atoms with Crippen molar-refractivity contribution in [3.8, 4) is 0 Å².